The highest BCUT2D eigenvalue weighted by atomic mass is 32.2. The lowest BCUT2D eigenvalue weighted by atomic mass is 10.3. The topological polar surface area (TPSA) is 77.5 Å². The summed E-state index contributed by atoms with van der Waals surface area (Å²) < 4.78 is 63.4. The quantitative estimate of drug-likeness (QED) is 0.909. The molecule has 1 heterocycles. The lowest BCUT2D eigenvalue weighted by molar-refractivity contribution is 0.366. The molecule has 0 spiro atoms. The van der Waals surface area contributed by atoms with E-state index in [1.807, 2.05) is 4.72 Å². The smallest absolute Gasteiger partial charge is 0.267 e. The van der Waals surface area contributed by atoms with E-state index in [-0.39, 0.29) is 17.4 Å². The molecule has 0 aliphatic carbocycles. The van der Waals surface area contributed by atoms with Crippen LogP contribution < -0.4 is 14.2 Å². The van der Waals surface area contributed by atoms with Crippen molar-refractivity contribution in [3.05, 3.63) is 42.0 Å². The molecule has 1 aromatic heterocycles. The van der Waals surface area contributed by atoms with E-state index in [0.717, 1.165) is 18.2 Å². The monoisotopic (exact) mass is 330 g/mol. The minimum atomic E-state index is -4.49. The van der Waals surface area contributed by atoms with E-state index < -0.39 is 26.6 Å². The number of sulfonamides is 1. The van der Waals surface area contributed by atoms with Crippen LogP contribution in [0, 0.1) is 11.6 Å². The molecule has 6 nitrogen and oxygen atoms in total. The minimum Gasteiger partial charge on any atom is -0.481 e. The van der Waals surface area contributed by atoms with E-state index in [2.05, 4.69) is 4.98 Å². The molecule has 2 rings (SSSR count). The predicted octanol–water partition coefficient (Wildman–Crippen LogP) is 2.18. The van der Waals surface area contributed by atoms with Gasteiger partial charge >= 0.3 is 0 Å². The van der Waals surface area contributed by atoms with Crippen LogP contribution in [-0.2, 0) is 10.0 Å². The molecular weight excluding hydrogens is 318 g/mol. The Balaban J connectivity index is 2.45. The zero-order valence-electron chi connectivity index (χ0n) is 11.6. The number of ether oxygens (including phenoxy) is 2. The van der Waals surface area contributed by atoms with Gasteiger partial charge in [0, 0.05) is 6.07 Å². The third-order valence-corrected chi connectivity index (χ3v) is 4.09. The Labute approximate surface area is 125 Å². The first-order valence-corrected chi connectivity index (χ1v) is 7.43. The molecule has 1 N–H and O–H groups in total. The third kappa shape index (κ3) is 3.08. The van der Waals surface area contributed by atoms with Crippen LogP contribution in [0.5, 0.6) is 11.8 Å². The summed E-state index contributed by atoms with van der Waals surface area (Å²) in [6.45, 7) is 0. The highest BCUT2D eigenvalue weighted by Gasteiger charge is 2.25. The number of pyridine rings is 1. The van der Waals surface area contributed by atoms with Crippen LogP contribution in [-0.4, -0.2) is 27.6 Å². The van der Waals surface area contributed by atoms with Crippen molar-refractivity contribution in [2.24, 2.45) is 0 Å². The average Bonchev–Trinajstić information content (AvgIpc) is 2.46. The molecule has 0 aliphatic rings. The molecule has 0 unspecified atom stereocenters. The molecule has 0 saturated carbocycles. The Morgan fingerprint density at radius 1 is 1.05 bits per heavy atom. The number of aromatic nitrogens is 1. The molecule has 0 atom stereocenters. The number of hydrogen-bond donors (Lipinski definition) is 1. The van der Waals surface area contributed by atoms with E-state index in [4.69, 9.17) is 9.47 Å². The van der Waals surface area contributed by atoms with Crippen LogP contribution in [0.25, 0.3) is 0 Å². The molecule has 118 valence electrons. The number of methoxy groups -OCH3 is 2. The lowest BCUT2D eigenvalue weighted by Crippen LogP contribution is -2.17. The highest BCUT2D eigenvalue weighted by Crippen LogP contribution is 2.28. The molecule has 0 amide bonds. The second-order valence-corrected chi connectivity index (χ2v) is 5.69. The molecule has 0 radical (unpaired) electrons. The number of halogens is 2. The van der Waals surface area contributed by atoms with Crippen LogP contribution in [0.15, 0.2) is 35.2 Å². The van der Waals surface area contributed by atoms with Crippen LogP contribution in [0.3, 0.4) is 0 Å². The van der Waals surface area contributed by atoms with Gasteiger partial charge in [-0.25, -0.2) is 17.2 Å². The van der Waals surface area contributed by atoms with Crippen LogP contribution >= 0.6 is 0 Å². The van der Waals surface area contributed by atoms with Crippen LogP contribution in [0.2, 0.25) is 0 Å². The maximum absolute atomic E-state index is 13.6. The first-order chi connectivity index (χ1) is 10.4. The van der Waals surface area contributed by atoms with Gasteiger partial charge in [-0.2, -0.15) is 4.98 Å². The number of nitrogens with zero attached hydrogens (tertiary/aromatic N) is 1. The van der Waals surface area contributed by atoms with Gasteiger partial charge in [0.1, 0.15) is 17.3 Å². The van der Waals surface area contributed by atoms with Gasteiger partial charge in [-0.05, 0) is 18.2 Å². The normalized spacial score (nSPS) is 11.1. The fourth-order valence-corrected chi connectivity index (χ4v) is 2.90. The van der Waals surface area contributed by atoms with E-state index in [9.17, 15) is 17.2 Å². The lowest BCUT2D eigenvalue weighted by Gasteiger charge is -2.12. The van der Waals surface area contributed by atoms with Crippen molar-refractivity contribution in [1.29, 1.82) is 0 Å². The fourth-order valence-electron chi connectivity index (χ4n) is 1.71. The Kier molecular flexibility index (Phi) is 4.45. The van der Waals surface area contributed by atoms with Gasteiger partial charge in [-0.15, -0.1) is 0 Å². The van der Waals surface area contributed by atoms with Gasteiger partial charge in [0.25, 0.3) is 10.0 Å². The molecular formula is C13H12F2N2O4S. The summed E-state index contributed by atoms with van der Waals surface area (Å²) in [4.78, 5) is 2.80. The summed E-state index contributed by atoms with van der Waals surface area (Å²) in [6.07, 6.45) is 0. The van der Waals surface area contributed by atoms with Crippen molar-refractivity contribution in [2.75, 3.05) is 18.9 Å². The molecule has 0 fully saturated rings. The summed E-state index contributed by atoms with van der Waals surface area (Å²) in [7, 11) is -1.85. The van der Waals surface area contributed by atoms with Gasteiger partial charge in [0.05, 0.1) is 14.2 Å². The van der Waals surface area contributed by atoms with Gasteiger partial charge in [-0.3, -0.25) is 4.72 Å². The zero-order valence-corrected chi connectivity index (χ0v) is 12.4. The molecule has 0 bridgehead atoms. The number of hydrogen-bond acceptors (Lipinski definition) is 5. The third-order valence-electron chi connectivity index (χ3n) is 2.67. The molecule has 0 aliphatic heterocycles. The van der Waals surface area contributed by atoms with E-state index >= 15 is 0 Å². The van der Waals surface area contributed by atoms with Gasteiger partial charge in [-0.1, -0.05) is 6.07 Å². The predicted molar refractivity (Wildman–Crippen MR) is 74.5 cm³/mol. The van der Waals surface area contributed by atoms with E-state index in [1.54, 1.807) is 0 Å². The Morgan fingerprint density at radius 2 is 1.68 bits per heavy atom. The number of benzene rings is 1. The van der Waals surface area contributed by atoms with Gasteiger partial charge < -0.3 is 9.47 Å². The largest absolute Gasteiger partial charge is 0.481 e. The second-order valence-electron chi connectivity index (χ2n) is 4.07. The molecule has 2 aromatic rings. The number of nitrogens with one attached hydrogen (secondary N) is 1. The van der Waals surface area contributed by atoms with Crippen molar-refractivity contribution < 1.29 is 26.7 Å². The summed E-state index contributed by atoms with van der Waals surface area (Å²) in [5.74, 6) is -2.31. The maximum Gasteiger partial charge on any atom is 0.267 e. The van der Waals surface area contributed by atoms with E-state index in [0.29, 0.717) is 0 Å². The number of anilines is 1. The molecule has 22 heavy (non-hydrogen) atoms. The Morgan fingerprint density at radius 3 is 2.23 bits per heavy atom. The molecule has 0 saturated heterocycles. The summed E-state index contributed by atoms with van der Waals surface area (Å²) in [6, 6.07) is 5.44. The number of rotatable bonds is 5. The SMILES string of the molecule is COc1ccc(NS(=O)(=O)c2c(F)cccc2F)c(OC)n1. The van der Waals surface area contributed by atoms with Crippen molar-refractivity contribution in [1.82, 2.24) is 4.98 Å². The first-order valence-electron chi connectivity index (χ1n) is 5.95. The second kappa shape index (κ2) is 6.14. The molecule has 1 aromatic carbocycles. The highest BCUT2D eigenvalue weighted by molar-refractivity contribution is 7.92. The molecule has 9 heteroatoms. The zero-order chi connectivity index (χ0) is 16.3. The van der Waals surface area contributed by atoms with E-state index in [1.165, 1.54) is 26.4 Å². The Bertz CT molecular complexity index is 776. The van der Waals surface area contributed by atoms with Crippen molar-refractivity contribution in [2.45, 2.75) is 4.90 Å². The van der Waals surface area contributed by atoms with Crippen LogP contribution in [0.4, 0.5) is 14.5 Å². The Hall–Kier alpha value is -2.42. The minimum absolute atomic E-state index is 0.0778. The van der Waals surface area contributed by atoms with Crippen molar-refractivity contribution in [3.8, 4) is 11.8 Å². The average molecular weight is 330 g/mol. The van der Waals surface area contributed by atoms with Crippen molar-refractivity contribution >= 4 is 15.7 Å². The standard InChI is InChI=1S/C13H12F2N2O4S/c1-20-11-7-6-10(13(16-11)21-2)17-22(18,19)12-8(14)4-3-5-9(12)15/h3-7,17H,1-2H3. The fraction of sp³-hybridized carbons (Fsp3) is 0.154. The van der Waals surface area contributed by atoms with Gasteiger partial charge in [0.15, 0.2) is 4.90 Å². The summed E-state index contributed by atoms with van der Waals surface area (Å²) in [5, 5.41) is 0. The van der Waals surface area contributed by atoms with Crippen LogP contribution in [0.1, 0.15) is 0 Å². The maximum atomic E-state index is 13.6. The summed E-state index contributed by atoms with van der Waals surface area (Å²) >= 11 is 0. The van der Waals surface area contributed by atoms with Gasteiger partial charge in [0.2, 0.25) is 11.8 Å². The van der Waals surface area contributed by atoms with Crippen molar-refractivity contribution in [3.63, 3.8) is 0 Å². The first kappa shape index (κ1) is 16.0. The summed E-state index contributed by atoms with van der Waals surface area (Å²) in [5.41, 5.74) is -0.0778.